The van der Waals surface area contributed by atoms with E-state index < -0.39 is 5.41 Å². The van der Waals surface area contributed by atoms with Gasteiger partial charge in [-0.1, -0.05) is 13.8 Å². The zero-order valence-corrected chi connectivity index (χ0v) is 15.7. The highest BCUT2D eigenvalue weighted by Crippen LogP contribution is 2.25. The third-order valence-corrected chi connectivity index (χ3v) is 4.12. The second-order valence-corrected chi connectivity index (χ2v) is 5.38. The van der Waals surface area contributed by atoms with E-state index in [9.17, 15) is 4.79 Å². The van der Waals surface area contributed by atoms with E-state index in [1.54, 1.807) is 6.20 Å². The molecule has 1 aromatic rings. The summed E-state index contributed by atoms with van der Waals surface area (Å²) in [5, 5.41) is 2.99. The molecule has 1 aromatic heterocycles. The Bertz CT molecular complexity index is 450. The molecule has 1 rings (SSSR count). The van der Waals surface area contributed by atoms with Gasteiger partial charge in [0.15, 0.2) is 0 Å². The molecule has 130 valence electrons. The molecule has 0 aliphatic heterocycles. The highest BCUT2D eigenvalue weighted by molar-refractivity contribution is 5.85. The number of aromatic nitrogens is 2. The number of amides is 1. The Kier molecular flexibility index (Phi) is 10.5. The average Bonchev–Trinajstić information content (AvgIpc) is 2.80. The van der Waals surface area contributed by atoms with E-state index in [0.29, 0.717) is 13.1 Å². The molecule has 6 nitrogen and oxygen atoms in total. The maximum atomic E-state index is 12.4. The van der Waals surface area contributed by atoms with Gasteiger partial charge >= 0.3 is 0 Å². The van der Waals surface area contributed by atoms with Crippen LogP contribution in [-0.2, 0) is 18.4 Å². The van der Waals surface area contributed by atoms with Crippen molar-refractivity contribution >= 4 is 36.7 Å². The normalized spacial score (nSPS) is 10.5. The fraction of sp³-hybridized carbons (Fsp3) is 0.714. The van der Waals surface area contributed by atoms with Crippen molar-refractivity contribution in [1.29, 1.82) is 0 Å². The molecule has 0 saturated heterocycles. The maximum Gasteiger partial charge on any atom is 0.227 e. The van der Waals surface area contributed by atoms with Crippen molar-refractivity contribution in [3.05, 3.63) is 11.9 Å². The number of hydrogen-bond donors (Lipinski definition) is 2. The summed E-state index contributed by atoms with van der Waals surface area (Å²) < 4.78 is 1.97. The number of halogens is 2. The molecule has 1 amide bonds. The maximum absolute atomic E-state index is 12.4. The molecule has 0 aromatic carbocycles. The first kappa shape index (κ1) is 23.3. The summed E-state index contributed by atoms with van der Waals surface area (Å²) in [6.45, 7) is 4.85. The van der Waals surface area contributed by atoms with E-state index in [1.807, 2.05) is 44.5 Å². The van der Waals surface area contributed by atoms with Crippen molar-refractivity contribution in [2.24, 2.45) is 18.2 Å². The first-order valence-electron chi connectivity index (χ1n) is 7.08. The zero-order valence-electron chi connectivity index (χ0n) is 14.0. The second-order valence-electron chi connectivity index (χ2n) is 5.38. The second kappa shape index (κ2) is 9.92. The van der Waals surface area contributed by atoms with Gasteiger partial charge in [-0.2, -0.15) is 0 Å². The van der Waals surface area contributed by atoms with E-state index in [2.05, 4.69) is 10.3 Å². The van der Waals surface area contributed by atoms with Crippen LogP contribution >= 0.6 is 24.8 Å². The molecule has 0 unspecified atom stereocenters. The van der Waals surface area contributed by atoms with Gasteiger partial charge in [0.1, 0.15) is 0 Å². The van der Waals surface area contributed by atoms with Crippen molar-refractivity contribution in [3.8, 4) is 0 Å². The minimum Gasteiger partial charge on any atom is -0.350 e. The van der Waals surface area contributed by atoms with Crippen LogP contribution in [0.5, 0.6) is 0 Å². The van der Waals surface area contributed by atoms with Gasteiger partial charge in [0.2, 0.25) is 11.9 Å². The van der Waals surface area contributed by atoms with Crippen molar-refractivity contribution in [1.82, 2.24) is 14.9 Å². The topological polar surface area (TPSA) is 76.2 Å². The molecule has 0 radical (unpaired) electrons. The molecule has 0 atom stereocenters. The van der Waals surface area contributed by atoms with Gasteiger partial charge in [0, 0.05) is 27.7 Å². The van der Waals surface area contributed by atoms with Crippen molar-refractivity contribution in [2.75, 3.05) is 25.5 Å². The summed E-state index contributed by atoms with van der Waals surface area (Å²) in [6.07, 6.45) is 3.29. The summed E-state index contributed by atoms with van der Waals surface area (Å²) in [4.78, 5) is 18.6. The Balaban J connectivity index is 0. The first-order chi connectivity index (χ1) is 9.41. The third-order valence-electron chi connectivity index (χ3n) is 4.12. The van der Waals surface area contributed by atoms with Crippen LogP contribution in [0, 0.1) is 5.41 Å². The van der Waals surface area contributed by atoms with Gasteiger partial charge in [-0.15, -0.1) is 24.8 Å². The van der Waals surface area contributed by atoms with Gasteiger partial charge in [-0.25, -0.2) is 4.98 Å². The number of carbonyl (C=O) groups excluding carboxylic acids is 1. The molecule has 0 aliphatic carbocycles. The first-order valence-corrected chi connectivity index (χ1v) is 7.08. The lowest BCUT2D eigenvalue weighted by Crippen LogP contribution is -2.45. The number of nitrogens with zero attached hydrogens (tertiary/aromatic N) is 3. The van der Waals surface area contributed by atoms with Crippen molar-refractivity contribution in [2.45, 2.75) is 33.2 Å². The molecule has 1 heterocycles. The number of imidazole rings is 1. The van der Waals surface area contributed by atoms with Crippen LogP contribution in [0.15, 0.2) is 6.20 Å². The van der Waals surface area contributed by atoms with E-state index in [-0.39, 0.29) is 30.7 Å². The Morgan fingerprint density at radius 2 is 1.91 bits per heavy atom. The van der Waals surface area contributed by atoms with Gasteiger partial charge in [-0.3, -0.25) is 4.79 Å². The molecule has 0 aliphatic rings. The van der Waals surface area contributed by atoms with E-state index in [0.717, 1.165) is 24.5 Å². The predicted octanol–water partition coefficient (Wildman–Crippen LogP) is 1.71. The van der Waals surface area contributed by atoms with Crippen LogP contribution in [0.1, 0.15) is 32.4 Å². The van der Waals surface area contributed by atoms with Crippen LogP contribution < -0.4 is 16.0 Å². The Morgan fingerprint density at radius 1 is 1.36 bits per heavy atom. The number of carbonyl (C=O) groups is 1. The summed E-state index contributed by atoms with van der Waals surface area (Å²) in [5.41, 5.74) is 6.30. The van der Waals surface area contributed by atoms with Gasteiger partial charge < -0.3 is 20.5 Å². The third kappa shape index (κ3) is 4.76. The summed E-state index contributed by atoms with van der Waals surface area (Å²) in [6, 6.07) is 0. The van der Waals surface area contributed by atoms with Crippen LogP contribution in [0.4, 0.5) is 5.95 Å². The fourth-order valence-electron chi connectivity index (χ4n) is 2.32. The fourth-order valence-corrected chi connectivity index (χ4v) is 2.32. The van der Waals surface area contributed by atoms with Crippen LogP contribution in [0.25, 0.3) is 0 Å². The van der Waals surface area contributed by atoms with Gasteiger partial charge in [0.25, 0.3) is 0 Å². The Hall–Kier alpha value is -0.980. The molecule has 0 saturated carbocycles. The summed E-state index contributed by atoms with van der Waals surface area (Å²) in [7, 11) is 5.83. The summed E-state index contributed by atoms with van der Waals surface area (Å²) >= 11 is 0. The lowest BCUT2D eigenvalue weighted by molar-refractivity contribution is -0.131. The number of anilines is 1. The summed E-state index contributed by atoms with van der Waals surface area (Å²) in [5.74, 6) is 0.892. The van der Waals surface area contributed by atoms with E-state index >= 15 is 0 Å². The molecule has 0 fully saturated rings. The lowest BCUT2D eigenvalue weighted by Gasteiger charge is -2.28. The molecule has 0 bridgehead atoms. The van der Waals surface area contributed by atoms with Crippen LogP contribution in [0.3, 0.4) is 0 Å². The van der Waals surface area contributed by atoms with Crippen LogP contribution in [0.2, 0.25) is 0 Å². The van der Waals surface area contributed by atoms with E-state index in [1.165, 1.54) is 0 Å². The average molecular weight is 354 g/mol. The number of nitrogens with two attached hydrogens (primary N) is 1. The highest BCUT2D eigenvalue weighted by atomic mass is 35.5. The van der Waals surface area contributed by atoms with Gasteiger partial charge in [0.05, 0.1) is 23.9 Å². The SMILES string of the molecule is CCC(CC)(CN)C(=O)NCc1cnc(N(C)C)n1C.Cl.Cl. The number of rotatable bonds is 7. The highest BCUT2D eigenvalue weighted by Gasteiger charge is 2.33. The Labute approximate surface area is 145 Å². The van der Waals surface area contributed by atoms with Crippen molar-refractivity contribution < 1.29 is 4.79 Å². The smallest absolute Gasteiger partial charge is 0.227 e. The molecule has 3 N–H and O–H groups in total. The molecule has 8 heteroatoms. The molecule has 22 heavy (non-hydrogen) atoms. The largest absolute Gasteiger partial charge is 0.350 e. The standard InChI is InChI=1S/C14H27N5O.2ClH/c1-6-14(7-2,10-15)12(20)16-8-11-9-17-13(18(3)4)19(11)5;;/h9H,6-8,10,15H2,1-5H3,(H,16,20);2*1H. The van der Waals surface area contributed by atoms with Crippen molar-refractivity contribution in [3.63, 3.8) is 0 Å². The zero-order chi connectivity index (χ0) is 15.3. The Morgan fingerprint density at radius 3 is 2.27 bits per heavy atom. The van der Waals surface area contributed by atoms with Gasteiger partial charge in [-0.05, 0) is 12.8 Å². The van der Waals surface area contributed by atoms with E-state index in [4.69, 9.17) is 5.73 Å². The molecular formula is C14H29Cl2N5O. The minimum atomic E-state index is -0.455. The number of nitrogens with one attached hydrogen (secondary N) is 1. The number of hydrogen-bond acceptors (Lipinski definition) is 4. The lowest BCUT2D eigenvalue weighted by atomic mass is 9.81. The van der Waals surface area contributed by atoms with Crippen LogP contribution in [-0.4, -0.2) is 36.1 Å². The predicted molar refractivity (Wildman–Crippen MR) is 95.9 cm³/mol. The monoisotopic (exact) mass is 353 g/mol. The molecule has 0 spiro atoms. The molecular weight excluding hydrogens is 325 g/mol. The quantitative estimate of drug-likeness (QED) is 0.782. The minimum absolute atomic E-state index is 0.